The summed E-state index contributed by atoms with van der Waals surface area (Å²) in [5.41, 5.74) is 2.30. The van der Waals surface area contributed by atoms with Gasteiger partial charge in [-0.2, -0.15) is 0 Å². The van der Waals surface area contributed by atoms with Crippen molar-refractivity contribution in [3.05, 3.63) is 35.9 Å². The average molecular weight is 315 g/mol. The smallest absolute Gasteiger partial charge is 0.537 e. The molecule has 1 heterocycles. The highest BCUT2D eigenvalue weighted by Crippen LogP contribution is 2.45. The molecule has 1 unspecified atom stereocenters. The molecular formula is C15H16B2ClNO3. The van der Waals surface area contributed by atoms with Gasteiger partial charge in [-0.3, -0.25) is 0 Å². The van der Waals surface area contributed by atoms with Crippen LogP contribution in [-0.4, -0.2) is 41.9 Å². The zero-order valence-electron chi connectivity index (χ0n) is 12.6. The van der Waals surface area contributed by atoms with Crippen molar-refractivity contribution in [1.82, 2.24) is 0 Å². The fraction of sp³-hybridized carbons (Fsp3) is 0.333. The molecule has 0 N–H and O–H groups in total. The summed E-state index contributed by atoms with van der Waals surface area (Å²) in [7, 11) is 6.24. The Morgan fingerprint density at radius 1 is 1.23 bits per heavy atom. The molecule has 2 aromatic carbocycles. The molecule has 1 aliphatic rings. The third-order valence-corrected chi connectivity index (χ3v) is 4.22. The van der Waals surface area contributed by atoms with E-state index in [4.69, 9.17) is 25.6 Å². The Bertz CT molecular complexity index is 671. The summed E-state index contributed by atoms with van der Waals surface area (Å²) in [6, 6.07) is 10.2. The van der Waals surface area contributed by atoms with Crippen molar-refractivity contribution in [2.75, 3.05) is 31.5 Å². The maximum Gasteiger partial charge on any atom is 0.572 e. The van der Waals surface area contributed by atoms with Crippen molar-refractivity contribution in [2.24, 2.45) is 0 Å². The molecule has 0 aromatic heterocycles. The SMILES string of the molecule is CO[B]Oc1cc2c(c3ccccc13)C(CCl)CN2[B]OC. The molecule has 0 saturated heterocycles. The Morgan fingerprint density at radius 3 is 2.68 bits per heavy atom. The van der Waals surface area contributed by atoms with E-state index in [2.05, 4.69) is 10.9 Å². The van der Waals surface area contributed by atoms with Gasteiger partial charge < -0.3 is 18.8 Å². The van der Waals surface area contributed by atoms with E-state index in [-0.39, 0.29) is 5.92 Å². The van der Waals surface area contributed by atoms with Crippen LogP contribution in [-0.2, 0) is 9.31 Å². The van der Waals surface area contributed by atoms with Crippen molar-refractivity contribution >= 4 is 43.4 Å². The number of nitrogens with zero attached hydrogens (tertiary/aromatic N) is 1. The molecule has 3 rings (SSSR count). The Morgan fingerprint density at radius 2 is 2.00 bits per heavy atom. The van der Waals surface area contributed by atoms with Crippen LogP contribution in [0.3, 0.4) is 0 Å². The van der Waals surface area contributed by atoms with Gasteiger partial charge in [0.25, 0.3) is 0 Å². The normalized spacial score (nSPS) is 16.7. The second-order valence-electron chi connectivity index (χ2n) is 5.15. The van der Waals surface area contributed by atoms with Crippen LogP contribution in [0.2, 0.25) is 0 Å². The van der Waals surface area contributed by atoms with E-state index in [1.54, 1.807) is 21.8 Å². The quantitative estimate of drug-likeness (QED) is 0.606. The van der Waals surface area contributed by atoms with Crippen LogP contribution in [0.25, 0.3) is 10.8 Å². The summed E-state index contributed by atoms with van der Waals surface area (Å²) in [6.45, 7) is 0.800. The number of hydrogen-bond donors (Lipinski definition) is 0. The number of rotatable bonds is 6. The number of alkyl halides is 1. The second-order valence-corrected chi connectivity index (χ2v) is 5.46. The van der Waals surface area contributed by atoms with E-state index < -0.39 is 0 Å². The van der Waals surface area contributed by atoms with Gasteiger partial charge >= 0.3 is 15.3 Å². The third kappa shape index (κ3) is 2.67. The third-order valence-electron chi connectivity index (χ3n) is 3.85. The molecule has 1 atom stereocenters. The average Bonchev–Trinajstić information content (AvgIpc) is 2.91. The van der Waals surface area contributed by atoms with Crippen molar-refractivity contribution in [2.45, 2.75) is 5.92 Å². The van der Waals surface area contributed by atoms with Crippen LogP contribution in [0.4, 0.5) is 5.69 Å². The monoisotopic (exact) mass is 315 g/mol. The Labute approximate surface area is 136 Å². The van der Waals surface area contributed by atoms with E-state index in [1.165, 1.54) is 13.2 Å². The minimum Gasteiger partial charge on any atom is -0.537 e. The summed E-state index contributed by atoms with van der Waals surface area (Å²) in [5, 5.41) is 2.20. The Kier molecular flexibility index (Phi) is 4.81. The van der Waals surface area contributed by atoms with Crippen molar-refractivity contribution in [1.29, 1.82) is 0 Å². The molecule has 1 aliphatic heterocycles. The van der Waals surface area contributed by atoms with E-state index in [1.807, 2.05) is 24.3 Å². The van der Waals surface area contributed by atoms with Crippen LogP contribution in [0.5, 0.6) is 5.75 Å². The fourth-order valence-corrected chi connectivity index (χ4v) is 3.25. The van der Waals surface area contributed by atoms with Gasteiger partial charge in [-0.25, -0.2) is 0 Å². The van der Waals surface area contributed by atoms with Gasteiger partial charge in [-0.1, -0.05) is 24.3 Å². The molecule has 7 heteroatoms. The van der Waals surface area contributed by atoms with Gasteiger partial charge in [0.1, 0.15) is 5.75 Å². The first-order valence-electron chi connectivity index (χ1n) is 7.05. The molecule has 4 nitrogen and oxygen atoms in total. The molecule has 0 saturated carbocycles. The summed E-state index contributed by atoms with van der Waals surface area (Å²) in [5.74, 6) is 1.57. The van der Waals surface area contributed by atoms with E-state index in [9.17, 15) is 0 Å². The van der Waals surface area contributed by atoms with Gasteiger partial charge in [0.2, 0.25) is 0 Å². The van der Waals surface area contributed by atoms with Crippen LogP contribution in [0.15, 0.2) is 30.3 Å². The first-order valence-corrected chi connectivity index (χ1v) is 7.59. The first kappa shape index (κ1) is 15.5. The highest BCUT2D eigenvalue weighted by atomic mass is 35.5. The Hall–Kier alpha value is -1.36. The summed E-state index contributed by atoms with van der Waals surface area (Å²) < 4.78 is 15.7. The van der Waals surface area contributed by atoms with Gasteiger partial charge in [-0.15, -0.1) is 11.6 Å². The van der Waals surface area contributed by atoms with E-state index in [0.29, 0.717) is 5.88 Å². The van der Waals surface area contributed by atoms with Gasteiger partial charge in [0, 0.05) is 49.7 Å². The maximum atomic E-state index is 6.19. The number of halogens is 1. The number of benzene rings is 2. The van der Waals surface area contributed by atoms with Crippen LogP contribution >= 0.6 is 11.6 Å². The minimum atomic E-state index is 0.258. The lowest BCUT2D eigenvalue weighted by Gasteiger charge is -2.18. The maximum absolute atomic E-state index is 6.19. The lowest BCUT2D eigenvalue weighted by molar-refractivity contribution is 0.367. The molecule has 0 fully saturated rings. The lowest BCUT2D eigenvalue weighted by Crippen LogP contribution is -2.28. The summed E-state index contributed by atoms with van der Waals surface area (Å²) in [6.07, 6.45) is 0. The number of fused-ring (bicyclic) bond motifs is 3. The van der Waals surface area contributed by atoms with Gasteiger partial charge in [0.05, 0.1) is 0 Å². The molecule has 0 amide bonds. The predicted molar refractivity (Wildman–Crippen MR) is 90.9 cm³/mol. The van der Waals surface area contributed by atoms with Crippen LogP contribution < -0.4 is 9.47 Å². The standard InChI is InChI=1S/C15H16B2ClNO3/c1-20-16-19-9-10(8-18)15-12-6-4-3-5-11(12)14(7-13(15)19)22-17-21-2/h3-7,10H,8-9H2,1-2H3. The van der Waals surface area contributed by atoms with Crippen molar-refractivity contribution in [3.63, 3.8) is 0 Å². The predicted octanol–water partition coefficient (Wildman–Crippen LogP) is 2.72. The van der Waals surface area contributed by atoms with Gasteiger partial charge in [-0.05, 0) is 10.9 Å². The largest absolute Gasteiger partial charge is 0.572 e. The highest BCUT2D eigenvalue weighted by Gasteiger charge is 2.31. The highest BCUT2D eigenvalue weighted by molar-refractivity contribution is 6.35. The zero-order valence-corrected chi connectivity index (χ0v) is 13.3. The number of anilines is 1. The van der Waals surface area contributed by atoms with Crippen molar-refractivity contribution in [3.8, 4) is 5.75 Å². The minimum absolute atomic E-state index is 0.258. The van der Waals surface area contributed by atoms with Crippen LogP contribution in [0, 0.1) is 0 Å². The Balaban J connectivity index is 2.17. The molecule has 112 valence electrons. The molecule has 0 aliphatic carbocycles. The topological polar surface area (TPSA) is 30.9 Å². The van der Waals surface area contributed by atoms with Crippen LogP contribution in [0.1, 0.15) is 11.5 Å². The molecule has 0 spiro atoms. The first-order chi connectivity index (χ1) is 10.8. The van der Waals surface area contributed by atoms with E-state index in [0.717, 1.165) is 28.8 Å². The number of hydrogen-bond acceptors (Lipinski definition) is 4. The summed E-state index contributed by atoms with van der Waals surface area (Å²) in [4.78, 5) is 2.06. The molecule has 2 aromatic rings. The van der Waals surface area contributed by atoms with Gasteiger partial charge in [0.15, 0.2) is 0 Å². The molecular weight excluding hydrogens is 299 g/mol. The lowest BCUT2D eigenvalue weighted by atomic mass is 9.95. The fourth-order valence-electron chi connectivity index (χ4n) is 2.99. The molecule has 0 bridgehead atoms. The van der Waals surface area contributed by atoms with Crippen molar-refractivity contribution < 1.29 is 14.0 Å². The zero-order chi connectivity index (χ0) is 15.5. The summed E-state index contributed by atoms with van der Waals surface area (Å²) >= 11 is 6.19. The van der Waals surface area contributed by atoms with E-state index >= 15 is 0 Å². The second kappa shape index (κ2) is 6.82. The molecule has 22 heavy (non-hydrogen) atoms. The molecule has 2 radical (unpaired) electrons.